The number of rotatable bonds is 4. The van der Waals surface area contributed by atoms with Crippen LogP contribution in [0.25, 0.3) is 11.5 Å². The highest BCUT2D eigenvalue weighted by molar-refractivity contribution is 5.90. The maximum atomic E-state index is 12.1. The van der Waals surface area contributed by atoms with E-state index >= 15 is 0 Å². The lowest BCUT2D eigenvalue weighted by molar-refractivity contribution is -0.137. The fourth-order valence-electron chi connectivity index (χ4n) is 3.76. The zero-order valence-electron chi connectivity index (χ0n) is 19.2. The number of benzene rings is 2. The monoisotopic (exact) mass is 459 g/mol. The fraction of sp³-hybridized carbons (Fsp3) is 0.400. The lowest BCUT2D eigenvalue weighted by Crippen LogP contribution is -2.32. The predicted octanol–water partition coefficient (Wildman–Crippen LogP) is 5.79. The average Bonchev–Trinajstić information content (AvgIpc) is 3.35. The van der Waals surface area contributed by atoms with Gasteiger partial charge in [0.2, 0.25) is 17.7 Å². The van der Waals surface area contributed by atoms with E-state index < -0.39 is 17.2 Å². The van der Waals surface area contributed by atoms with Crippen LogP contribution in [0.15, 0.2) is 46.9 Å². The molecule has 8 heteroatoms. The Kier molecular flexibility index (Phi) is 7.25. The molecule has 33 heavy (non-hydrogen) atoms. The van der Waals surface area contributed by atoms with E-state index in [9.17, 15) is 18.0 Å². The number of hydrogen-bond donors (Lipinski definition) is 1. The summed E-state index contributed by atoms with van der Waals surface area (Å²) >= 11 is 0. The van der Waals surface area contributed by atoms with Crippen molar-refractivity contribution in [1.82, 2.24) is 15.5 Å². The van der Waals surface area contributed by atoms with Crippen molar-refractivity contribution in [2.24, 2.45) is 0 Å². The lowest BCUT2D eigenvalue weighted by atomic mass is 9.80. The van der Waals surface area contributed by atoms with Gasteiger partial charge in [-0.15, -0.1) is 10.2 Å². The van der Waals surface area contributed by atoms with Crippen LogP contribution in [0.3, 0.4) is 0 Å². The average molecular weight is 460 g/mol. The molecule has 4 rings (SSSR count). The SMILES string of the molecule is CCCc1ccc(C(F)(F)F)cc1.Cc1nnc(-c2cc(C3(C)CCNC3=O)ccc2C)o1. The smallest absolute Gasteiger partial charge is 0.416 e. The highest BCUT2D eigenvalue weighted by atomic mass is 19.4. The molecule has 1 aliphatic rings. The van der Waals surface area contributed by atoms with Gasteiger partial charge in [0.05, 0.1) is 11.0 Å². The maximum Gasteiger partial charge on any atom is 0.416 e. The van der Waals surface area contributed by atoms with Crippen LogP contribution in [-0.4, -0.2) is 22.6 Å². The van der Waals surface area contributed by atoms with E-state index in [-0.39, 0.29) is 5.91 Å². The van der Waals surface area contributed by atoms with Crippen LogP contribution >= 0.6 is 0 Å². The molecule has 0 bridgehead atoms. The van der Waals surface area contributed by atoms with E-state index in [1.807, 2.05) is 39.0 Å². The summed E-state index contributed by atoms with van der Waals surface area (Å²) in [5.41, 5.74) is 2.84. The number of aryl methyl sites for hydroxylation is 3. The van der Waals surface area contributed by atoms with Crippen molar-refractivity contribution in [3.05, 3.63) is 70.6 Å². The van der Waals surface area contributed by atoms with Crippen LogP contribution in [0.1, 0.15) is 54.8 Å². The molecule has 0 saturated carbocycles. The molecule has 1 atom stereocenters. The molecule has 2 aromatic carbocycles. The van der Waals surface area contributed by atoms with Gasteiger partial charge in [-0.1, -0.05) is 37.6 Å². The van der Waals surface area contributed by atoms with Gasteiger partial charge in [-0.2, -0.15) is 13.2 Å². The second kappa shape index (κ2) is 9.77. The zero-order valence-corrected chi connectivity index (χ0v) is 19.2. The molecule has 1 amide bonds. The lowest BCUT2D eigenvalue weighted by Gasteiger charge is -2.22. The van der Waals surface area contributed by atoms with Crippen molar-refractivity contribution in [2.45, 2.75) is 58.5 Å². The minimum atomic E-state index is -4.22. The molecule has 0 radical (unpaired) electrons. The summed E-state index contributed by atoms with van der Waals surface area (Å²) in [4.78, 5) is 12.1. The van der Waals surface area contributed by atoms with E-state index in [0.717, 1.165) is 60.2 Å². The third-order valence-corrected chi connectivity index (χ3v) is 5.86. The van der Waals surface area contributed by atoms with Gasteiger partial charge in [0, 0.05) is 19.0 Å². The number of nitrogens with one attached hydrogen (secondary N) is 1. The van der Waals surface area contributed by atoms with Crippen LogP contribution in [0.4, 0.5) is 13.2 Å². The number of nitrogens with zero attached hydrogens (tertiary/aromatic N) is 2. The molecular formula is C25H28F3N3O2. The molecule has 1 N–H and O–H groups in total. The first kappa shape index (κ1) is 24.5. The maximum absolute atomic E-state index is 12.1. The van der Waals surface area contributed by atoms with E-state index in [1.54, 1.807) is 6.92 Å². The highest BCUT2D eigenvalue weighted by Crippen LogP contribution is 2.34. The second-order valence-corrected chi connectivity index (χ2v) is 8.44. The number of aromatic nitrogens is 2. The molecule has 0 spiro atoms. The minimum Gasteiger partial charge on any atom is -0.421 e. The molecule has 176 valence electrons. The number of hydrogen-bond acceptors (Lipinski definition) is 4. The Morgan fingerprint density at radius 1 is 1.09 bits per heavy atom. The first-order valence-corrected chi connectivity index (χ1v) is 10.9. The Labute approximate surface area is 191 Å². The van der Waals surface area contributed by atoms with Crippen LogP contribution < -0.4 is 5.32 Å². The van der Waals surface area contributed by atoms with Gasteiger partial charge in [-0.25, -0.2) is 0 Å². The largest absolute Gasteiger partial charge is 0.421 e. The first-order valence-electron chi connectivity index (χ1n) is 10.9. The van der Waals surface area contributed by atoms with Crippen molar-refractivity contribution in [2.75, 3.05) is 6.54 Å². The van der Waals surface area contributed by atoms with Gasteiger partial charge in [-0.05, 0) is 61.6 Å². The molecule has 1 unspecified atom stereocenters. The third-order valence-electron chi connectivity index (χ3n) is 5.86. The Hall–Kier alpha value is -3.16. The van der Waals surface area contributed by atoms with Gasteiger partial charge in [-0.3, -0.25) is 4.79 Å². The van der Waals surface area contributed by atoms with Gasteiger partial charge in [0.15, 0.2) is 0 Å². The van der Waals surface area contributed by atoms with Crippen LogP contribution in [0, 0.1) is 13.8 Å². The molecule has 5 nitrogen and oxygen atoms in total. The van der Waals surface area contributed by atoms with Crippen LogP contribution in [0.2, 0.25) is 0 Å². The number of carbonyl (C=O) groups is 1. The number of alkyl halides is 3. The summed E-state index contributed by atoms with van der Waals surface area (Å²) in [6.07, 6.45) is -1.63. The first-order chi connectivity index (χ1) is 15.5. The Balaban J connectivity index is 0.000000205. The van der Waals surface area contributed by atoms with Crippen molar-refractivity contribution < 1.29 is 22.4 Å². The quantitative estimate of drug-likeness (QED) is 0.536. The molecule has 1 aliphatic heterocycles. The van der Waals surface area contributed by atoms with E-state index in [2.05, 4.69) is 15.5 Å². The van der Waals surface area contributed by atoms with Crippen molar-refractivity contribution in [3.8, 4) is 11.5 Å². The molecule has 1 saturated heterocycles. The highest BCUT2D eigenvalue weighted by Gasteiger charge is 2.39. The van der Waals surface area contributed by atoms with Crippen molar-refractivity contribution in [1.29, 1.82) is 0 Å². The molecule has 0 aliphatic carbocycles. The topological polar surface area (TPSA) is 68.0 Å². The molecule has 1 fully saturated rings. The normalized spacial score (nSPS) is 18.0. The molecule has 1 aromatic heterocycles. The summed E-state index contributed by atoms with van der Waals surface area (Å²) in [5.74, 6) is 1.12. The Bertz CT molecular complexity index is 1110. The molecule has 2 heterocycles. The zero-order chi connectivity index (χ0) is 24.2. The van der Waals surface area contributed by atoms with Crippen LogP contribution in [-0.2, 0) is 22.8 Å². The van der Waals surface area contributed by atoms with E-state index in [0.29, 0.717) is 11.8 Å². The summed E-state index contributed by atoms with van der Waals surface area (Å²) in [6, 6.07) is 11.3. The summed E-state index contributed by atoms with van der Waals surface area (Å²) in [5, 5.41) is 10.8. The van der Waals surface area contributed by atoms with E-state index in [4.69, 9.17) is 4.42 Å². The molecule has 3 aromatic rings. The van der Waals surface area contributed by atoms with Gasteiger partial charge >= 0.3 is 6.18 Å². The number of halogens is 3. The van der Waals surface area contributed by atoms with E-state index in [1.165, 1.54) is 12.1 Å². The van der Waals surface area contributed by atoms with Gasteiger partial charge < -0.3 is 9.73 Å². The predicted molar refractivity (Wildman–Crippen MR) is 120 cm³/mol. The Morgan fingerprint density at radius 3 is 2.30 bits per heavy atom. The van der Waals surface area contributed by atoms with Crippen LogP contribution in [0.5, 0.6) is 0 Å². The van der Waals surface area contributed by atoms with Crippen molar-refractivity contribution >= 4 is 5.91 Å². The van der Waals surface area contributed by atoms with Gasteiger partial charge in [0.1, 0.15) is 0 Å². The second-order valence-electron chi connectivity index (χ2n) is 8.44. The standard InChI is InChI=1S/C15H17N3O2.C10H11F3/c1-9-4-5-11(15(3)6-7-16-14(15)19)8-12(9)13-18-17-10(2)20-13;1-2-3-8-4-6-9(7-5-8)10(11,12)13/h4-5,8H,6-7H2,1-3H3,(H,16,19);4-7H,2-3H2,1H3. The number of amides is 1. The Morgan fingerprint density at radius 2 is 1.79 bits per heavy atom. The van der Waals surface area contributed by atoms with Gasteiger partial charge in [0.25, 0.3) is 0 Å². The third kappa shape index (κ3) is 5.61. The van der Waals surface area contributed by atoms with Crippen molar-refractivity contribution in [3.63, 3.8) is 0 Å². The number of carbonyl (C=O) groups excluding carboxylic acids is 1. The summed E-state index contributed by atoms with van der Waals surface area (Å²) < 4.78 is 41.8. The minimum absolute atomic E-state index is 0.0778. The fourth-order valence-corrected chi connectivity index (χ4v) is 3.76. The summed E-state index contributed by atoms with van der Waals surface area (Å²) in [6.45, 7) is 8.45. The molecular weight excluding hydrogens is 431 g/mol. The summed E-state index contributed by atoms with van der Waals surface area (Å²) in [7, 11) is 0.